The molecule has 0 spiro atoms. The molecule has 0 bridgehead atoms. The molecule has 2 rings (SSSR count). The van der Waals surface area contributed by atoms with E-state index < -0.39 is 0 Å². The van der Waals surface area contributed by atoms with Crippen molar-refractivity contribution in [1.29, 1.82) is 0 Å². The zero-order valence-corrected chi connectivity index (χ0v) is 14.8. The quantitative estimate of drug-likeness (QED) is 0.477. The molecule has 1 fully saturated rings. The fraction of sp³-hybridized carbons (Fsp3) is 0.692. The lowest BCUT2D eigenvalue weighted by molar-refractivity contribution is 0.428. The summed E-state index contributed by atoms with van der Waals surface area (Å²) in [6.45, 7) is 6.84. The van der Waals surface area contributed by atoms with Crippen LogP contribution in [0.2, 0.25) is 0 Å². The molecule has 108 valence electrons. The summed E-state index contributed by atoms with van der Waals surface area (Å²) >= 11 is 1.71. The molecule has 0 unspecified atom stereocenters. The van der Waals surface area contributed by atoms with Crippen LogP contribution < -0.4 is 5.73 Å². The standard InChI is InChI=1S/C13H22N4S.HI/c1-10-11(2)18-12(16-10)9-15-13(14)17-7-5-3-4-6-8-17;/h3-9H2,1-2H3,(H2,14,15);1H. The molecule has 1 aromatic rings. The van der Waals surface area contributed by atoms with Crippen LogP contribution in [0.4, 0.5) is 0 Å². The first-order valence-electron chi connectivity index (χ1n) is 6.64. The van der Waals surface area contributed by atoms with Crippen LogP contribution in [0.3, 0.4) is 0 Å². The van der Waals surface area contributed by atoms with E-state index >= 15 is 0 Å². The van der Waals surface area contributed by atoms with Gasteiger partial charge in [0.25, 0.3) is 0 Å². The highest BCUT2D eigenvalue weighted by Crippen LogP contribution is 2.17. The number of hydrogen-bond acceptors (Lipinski definition) is 3. The Balaban J connectivity index is 0.00000180. The zero-order chi connectivity index (χ0) is 13.0. The Morgan fingerprint density at radius 3 is 2.42 bits per heavy atom. The van der Waals surface area contributed by atoms with Gasteiger partial charge in [-0.15, -0.1) is 35.3 Å². The topological polar surface area (TPSA) is 54.5 Å². The van der Waals surface area contributed by atoms with Crippen molar-refractivity contribution < 1.29 is 0 Å². The number of halogens is 1. The monoisotopic (exact) mass is 394 g/mol. The molecule has 1 saturated heterocycles. The molecular formula is C13H23IN4S. The van der Waals surface area contributed by atoms with Gasteiger partial charge in [-0.3, -0.25) is 0 Å². The lowest BCUT2D eigenvalue weighted by Crippen LogP contribution is -2.38. The third-order valence-corrected chi connectivity index (χ3v) is 4.44. The van der Waals surface area contributed by atoms with Gasteiger partial charge < -0.3 is 10.6 Å². The largest absolute Gasteiger partial charge is 0.370 e. The van der Waals surface area contributed by atoms with Gasteiger partial charge in [0.15, 0.2) is 5.96 Å². The number of likely N-dealkylation sites (tertiary alicyclic amines) is 1. The number of nitrogens with two attached hydrogens (primary N) is 1. The highest BCUT2D eigenvalue weighted by Gasteiger charge is 2.11. The minimum Gasteiger partial charge on any atom is -0.370 e. The molecule has 2 heterocycles. The molecule has 0 radical (unpaired) electrons. The maximum atomic E-state index is 6.06. The van der Waals surface area contributed by atoms with Crippen LogP contribution in [0.5, 0.6) is 0 Å². The SMILES string of the molecule is Cc1nc(CN=C(N)N2CCCCCC2)sc1C.I. The molecular weight excluding hydrogens is 371 g/mol. The lowest BCUT2D eigenvalue weighted by Gasteiger charge is -2.20. The third kappa shape index (κ3) is 4.91. The molecule has 4 nitrogen and oxygen atoms in total. The summed E-state index contributed by atoms with van der Waals surface area (Å²) in [4.78, 5) is 12.4. The summed E-state index contributed by atoms with van der Waals surface area (Å²) in [5, 5.41) is 1.06. The Hall–Kier alpha value is -0.370. The molecule has 19 heavy (non-hydrogen) atoms. The van der Waals surface area contributed by atoms with Crippen LogP contribution in [0, 0.1) is 13.8 Å². The molecule has 0 atom stereocenters. The van der Waals surface area contributed by atoms with Crippen LogP contribution in [0.25, 0.3) is 0 Å². The summed E-state index contributed by atoms with van der Waals surface area (Å²) < 4.78 is 0. The van der Waals surface area contributed by atoms with Crippen molar-refractivity contribution in [2.24, 2.45) is 10.7 Å². The van der Waals surface area contributed by atoms with E-state index in [2.05, 4.69) is 21.8 Å². The number of guanidine groups is 1. The molecule has 1 aliphatic heterocycles. The number of rotatable bonds is 2. The Morgan fingerprint density at radius 1 is 1.26 bits per heavy atom. The van der Waals surface area contributed by atoms with Crippen molar-refractivity contribution in [2.75, 3.05) is 13.1 Å². The maximum absolute atomic E-state index is 6.06. The Kier molecular flexibility index (Phi) is 7.06. The first kappa shape index (κ1) is 16.7. The number of hydrogen-bond donors (Lipinski definition) is 1. The normalized spacial score (nSPS) is 16.9. The van der Waals surface area contributed by atoms with Gasteiger partial charge in [0.2, 0.25) is 0 Å². The fourth-order valence-corrected chi connectivity index (χ4v) is 3.01. The highest BCUT2D eigenvalue weighted by atomic mass is 127. The van der Waals surface area contributed by atoms with Gasteiger partial charge in [-0.25, -0.2) is 9.98 Å². The minimum atomic E-state index is 0. The van der Waals surface area contributed by atoms with E-state index in [1.165, 1.54) is 30.6 Å². The smallest absolute Gasteiger partial charge is 0.191 e. The molecule has 0 amide bonds. The Bertz CT molecular complexity index is 403. The molecule has 6 heteroatoms. The first-order valence-corrected chi connectivity index (χ1v) is 7.46. The van der Waals surface area contributed by atoms with Crippen molar-refractivity contribution in [2.45, 2.75) is 46.1 Å². The fourth-order valence-electron chi connectivity index (χ4n) is 2.16. The van der Waals surface area contributed by atoms with E-state index in [0.29, 0.717) is 12.5 Å². The van der Waals surface area contributed by atoms with Gasteiger partial charge in [0, 0.05) is 18.0 Å². The van der Waals surface area contributed by atoms with E-state index in [-0.39, 0.29) is 24.0 Å². The number of aryl methyl sites for hydroxylation is 2. The van der Waals surface area contributed by atoms with E-state index in [4.69, 9.17) is 5.73 Å². The Labute approximate surface area is 136 Å². The molecule has 2 N–H and O–H groups in total. The van der Waals surface area contributed by atoms with Crippen molar-refractivity contribution in [3.63, 3.8) is 0 Å². The van der Waals surface area contributed by atoms with Crippen LogP contribution >= 0.6 is 35.3 Å². The first-order chi connectivity index (χ1) is 8.66. The third-order valence-electron chi connectivity index (χ3n) is 3.38. The molecule has 0 aliphatic carbocycles. The van der Waals surface area contributed by atoms with E-state index in [9.17, 15) is 0 Å². The van der Waals surface area contributed by atoms with Crippen molar-refractivity contribution in [3.05, 3.63) is 15.6 Å². The molecule has 0 aromatic carbocycles. The van der Waals surface area contributed by atoms with Crippen LogP contribution in [-0.2, 0) is 6.54 Å². The van der Waals surface area contributed by atoms with E-state index in [1.807, 2.05) is 6.92 Å². The second-order valence-corrected chi connectivity index (χ2v) is 6.11. The predicted molar refractivity (Wildman–Crippen MR) is 92.4 cm³/mol. The molecule has 1 aliphatic rings. The lowest BCUT2D eigenvalue weighted by atomic mass is 10.2. The van der Waals surface area contributed by atoms with Crippen LogP contribution in [0.1, 0.15) is 41.3 Å². The van der Waals surface area contributed by atoms with Gasteiger partial charge in [-0.05, 0) is 26.7 Å². The summed E-state index contributed by atoms with van der Waals surface area (Å²) in [6, 6.07) is 0. The van der Waals surface area contributed by atoms with Crippen LogP contribution in [0.15, 0.2) is 4.99 Å². The van der Waals surface area contributed by atoms with Gasteiger partial charge in [-0.2, -0.15) is 0 Å². The van der Waals surface area contributed by atoms with Gasteiger partial charge in [0.05, 0.1) is 12.2 Å². The van der Waals surface area contributed by atoms with Crippen molar-refractivity contribution >= 4 is 41.3 Å². The molecule has 1 aromatic heterocycles. The zero-order valence-electron chi connectivity index (χ0n) is 11.7. The average molecular weight is 394 g/mol. The van der Waals surface area contributed by atoms with Gasteiger partial charge in [0.1, 0.15) is 5.01 Å². The summed E-state index contributed by atoms with van der Waals surface area (Å²) in [7, 11) is 0. The van der Waals surface area contributed by atoms with Crippen LogP contribution in [-0.4, -0.2) is 28.9 Å². The number of thiazole rings is 1. The second kappa shape index (κ2) is 8.04. The maximum Gasteiger partial charge on any atom is 0.191 e. The van der Waals surface area contributed by atoms with E-state index in [1.54, 1.807) is 11.3 Å². The van der Waals surface area contributed by atoms with Gasteiger partial charge >= 0.3 is 0 Å². The highest BCUT2D eigenvalue weighted by molar-refractivity contribution is 14.0. The minimum absolute atomic E-state index is 0. The van der Waals surface area contributed by atoms with Crippen molar-refractivity contribution in [1.82, 2.24) is 9.88 Å². The number of aromatic nitrogens is 1. The molecule has 0 saturated carbocycles. The van der Waals surface area contributed by atoms with Crippen molar-refractivity contribution in [3.8, 4) is 0 Å². The summed E-state index contributed by atoms with van der Waals surface area (Å²) in [5.41, 5.74) is 7.17. The number of aliphatic imine (C=N–C) groups is 1. The summed E-state index contributed by atoms with van der Waals surface area (Å²) in [6.07, 6.45) is 5.08. The second-order valence-electron chi connectivity index (χ2n) is 4.82. The van der Waals surface area contributed by atoms with E-state index in [0.717, 1.165) is 23.8 Å². The Morgan fingerprint density at radius 2 is 1.89 bits per heavy atom. The number of nitrogens with zero attached hydrogens (tertiary/aromatic N) is 3. The predicted octanol–water partition coefficient (Wildman–Crippen LogP) is 3.07. The summed E-state index contributed by atoms with van der Waals surface area (Å²) in [5.74, 6) is 0.683. The van der Waals surface area contributed by atoms with Gasteiger partial charge in [-0.1, -0.05) is 12.8 Å². The average Bonchev–Trinajstić information content (AvgIpc) is 2.60.